The van der Waals surface area contributed by atoms with Crippen LogP contribution in [0.2, 0.25) is 0 Å². The maximum atomic E-state index is 5.74. The molecule has 0 aliphatic heterocycles. The monoisotopic (exact) mass is 199 g/mol. The maximum Gasteiger partial charge on any atom is 0.144 e. The first kappa shape index (κ1) is 9.65. The van der Waals surface area contributed by atoms with E-state index in [2.05, 4.69) is 23.0 Å². The third-order valence-corrected chi connectivity index (χ3v) is 2.43. The number of hydrogen-bond acceptors (Lipinski definition) is 2. The summed E-state index contributed by atoms with van der Waals surface area (Å²) in [5, 5.41) is 1.16. The molecule has 15 heavy (non-hydrogen) atoms. The lowest BCUT2D eigenvalue weighted by atomic mass is 10.1. The molecule has 2 N–H and O–H groups in total. The van der Waals surface area contributed by atoms with Crippen LogP contribution < -0.4 is 5.73 Å². The third-order valence-electron chi connectivity index (χ3n) is 2.43. The summed E-state index contributed by atoms with van der Waals surface area (Å²) in [5.74, 6) is 0.476. The number of fused-ring (bicyclic) bond motifs is 1. The van der Waals surface area contributed by atoms with Gasteiger partial charge < -0.3 is 5.73 Å². The van der Waals surface area contributed by atoms with Crippen LogP contribution in [0.25, 0.3) is 10.9 Å². The van der Waals surface area contributed by atoms with E-state index < -0.39 is 0 Å². The van der Waals surface area contributed by atoms with E-state index in [1.54, 1.807) is 7.05 Å². The van der Waals surface area contributed by atoms with E-state index in [4.69, 9.17) is 5.73 Å². The van der Waals surface area contributed by atoms with E-state index in [-0.39, 0.29) is 0 Å². The van der Waals surface area contributed by atoms with E-state index in [0.717, 1.165) is 16.6 Å². The van der Waals surface area contributed by atoms with Crippen LogP contribution in [0.1, 0.15) is 11.3 Å². The Hall–Kier alpha value is -1.90. The second kappa shape index (κ2) is 3.69. The van der Waals surface area contributed by atoms with E-state index in [9.17, 15) is 0 Å². The molecule has 2 rings (SSSR count). The zero-order chi connectivity index (χ0) is 10.8. The van der Waals surface area contributed by atoms with Gasteiger partial charge in [-0.3, -0.25) is 4.99 Å². The Labute approximate surface area is 88.7 Å². The first-order chi connectivity index (χ1) is 7.22. The van der Waals surface area contributed by atoms with E-state index in [1.165, 1.54) is 5.56 Å². The predicted molar refractivity (Wildman–Crippen MR) is 63.1 cm³/mol. The molecule has 0 amide bonds. The fourth-order valence-electron chi connectivity index (χ4n) is 1.60. The SMILES string of the molecule is CN=C(N)c1cc(C)c2ccccc2n1. The number of amidine groups is 1. The van der Waals surface area contributed by atoms with E-state index in [0.29, 0.717) is 5.84 Å². The van der Waals surface area contributed by atoms with Gasteiger partial charge >= 0.3 is 0 Å². The van der Waals surface area contributed by atoms with Crippen molar-refractivity contribution in [3.05, 3.63) is 41.6 Å². The van der Waals surface area contributed by atoms with Gasteiger partial charge in [-0.15, -0.1) is 0 Å². The minimum absolute atomic E-state index is 0.476. The van der Waals surface area contributed by atoms with Gasteiger partial charge in [0, 0.05) is 12.4 Å². The molecule has 76 valence electrons. The van der Waals surface area contributed by atoms with Crippen molar-refractivity contribution in [2.75, 3.05) is 7.05 Å². The second-order valence-electron chi connectivity index (χ2n) is 3.45. The highest BCUT2D eigenvalue weighted by molar-refractivity contribution is 5.98. The van der Waals surface area contributed by atoms with Gasteiger partial charge in [0.05, 0.1) is 5.52 Å². The Morgan fingerprint density at radius 3 is 2.80 bits per heavy atom. The van der Waals surface area contributed by atoms with E-state index in [1.807, 2.05) is 24.3 Å². The lowest BCUT2D eigenvalue weighted by Crippen LogP contribution is -2.15. The van der Waals surface area contributed by atoms with Crippen LogP contribution in [-0.4, -0.2) is 17.9 Å². The number of benzene rings is 1. The van der Waals surface area contributed by atoms with Crippen LogP contribution in [0.4, 0.5) is 0 Å². The molecule has 0 atom stereocenters. The minimum Gasteiger partial charge on any atom is -0.382 e. The molecule has 1 aromatic carbocycles. The highest BCUT2D eigenvalue weighted by Crippen LogP contribution is 2.16. The largest absolute Gasteiger partial charge is 0.382 e. The highest BCUT2D eigenvalue weighted by atomic mass is 14.9. The average molecular weight is 199 g/mol. The quantitative estimate of drug-likeness (QED) is 0.563. The molecule has 0 bridgehead atoms. The van der Waals surface area contributed by atoms with Crippen molar-refractivity contribution < 1.29 is 0 Å². The molecule has 0 unspecified atom stereocenters. The number of rotatable bonds is 1. The Balaban J connectivity index is 2.73. The molecular formula is C12H13N3. The van der Waals surface area contributed by atoms with Crippen molar-refractivity contribution in [1.82, 2.24) is 4.98 Å². The zero-order valence-corrected chi connectivity index (χ0v) is 8.86. The fourth-order valence-corrected chi connectivity index (χ4v) is 1.60. The molecule has 1 heterocycles. The zero-order valence-electron chi connectivity index (χ0n) is 8.86. The second-order valence-corrected chi connectivity index (χ2v) is 3.45. The van der Waals surface area contributed by atoms with Gasteiger partial charge in [-0.2, -0.15) is 0 Å². The number of aryl methyl sites for hydroxylation is 1. The van der Waals surface area contributed by atoms with Crippen LogP contribution in [0.3, 0.4) is 0 Å². The molecule has 0 fully saturated rings. The van der Waals surface area contributed by atoms with Crippen molar-refractivity contribution in [2.45, 2.75) is 6.92 Å². The summed E-state index contributed by atoms with van der Waals surface area (Å²) in [6.45, 7) is 2.05. The van der Waals surface area contributed by atoms with Gasteiger partial charge in [0.2, 0.25) is 0 Å². The van der Waals surface area contributed by atoms with Crippen molar-refractivity contribution in [2.24, 2.45) is 10.7 Å². The van der Waals surface area contributed by atoms with Gasteiger partial charge in [0.15, 0.2) is 0 Å². The smallest absolute Gasteiger partial charge is 0.144 e. The van der Waals surface area contributed by atoms with Gasteiger partial charge in [-0.05, 0) is 24.6 Å². The summed E-state index contributed by atoms with van der Waals surface area (Å²) in [5.41, 5.74) is 8.61. The number of nitrogens with zero attached hydrogens (tertiary/aromatic N) is 2. The van der Waals surface area contributed by atoms with Gasteiger partial charge in [-0.25, -0.2) is 4.98 Å². The molecular weight excluding hydrogens is 186 g/mol. The molecule has 3 nitrogen and oxygen atoms in total. The lowest BCUT2D eigenvalue weighted by Gasteiger charge is -2.05. The van der Waals surface area contributed by atoms with Crippen molar-refractivity contribution >= 4 is 16.7 Å². The predicted octanol–water partition coefficient (Wildman–Crippen LogP) is 1.88. The minimum atomic E-state index is 0.476. The number of hydrogen-bond donors (Lipinski definition) is 1. The summed E-state index contributed by atoms with van der Waals surface area (Å²) in [7, 11) is 1.67. The van der Waals surface area contributed by atoms with Crippen LogP contribution in [0, 0.1) is 6.92 Å². The summed E-state index contributed by atoms with van der Waals surface area (Å²) < 4.78 is 0. The fraction of sp³-hybridized carbons (Fsp3) is 0.167. The molecule has 2 aromatic rings. The van der Waals surface area contributed by atoms with Gasteiger partial charge in [-0.1, -0.05) is 18.2 Å². The number of aliphatic imine (C=N–C) groups is 1. The maximum absolute atomic E-state index is 5.74. The third kappa shape index (κ3) is 1.68. The van der Waals surface area contributed by atoms with Gasteiger partial charge in [0.1, 0.15) is 11.5 Å². The molecule has 0 spiro atoms. The summed E-state index contributed by atoms with van der Waals surface area (Å²) in [6.07, 6.45) is 0. The summed E-state index contributed by atoms with van der Waals surface area (Å²) in [6, 6.07) is 9.98. The molecule has 0 saturated carbocycles. The molecule has 0 aliphatic carbocycles. The molecule has 0 radical (unpaired) electrons. The number of para-hydroxylation sites is 1. The molecule has 0 aliphatic rings. The molecule has 0 saturated heterocycles. The first-order valence-electron chi connectivity index (χ1n) is 4.81. The van der Waals surface area contributed by atoms with Crippen LogP contribution in [-0.2, 0) is 0 Å². The first-order valence-corrected chi connectivity index (χ1v) is 4.81. The topological polar surface area (TPSA) is 51.3 Å². The summed E-state index contributed by atoms with van der Waals surface area (Å²) in [4.78, 5) is 8.39. The van der Waals surface area contributed by atoms with Gasteiger partial charge in [0.25, 0.3) is 0 Å². The Bertz CT molecular complexity index is 529. The molecule has 1 aromatic heterocycles. The van der Waals surface area contributed by atoms with Crippen LogP contribution in [0.15, 0.2) is 35.3 Å². The van der Waals surface area contributed by atoms with Crippen LogP contribution in [0.5, 0.6) is 0 Å². The number of aromatic nitrogens is 1. The van der Waals surface area contributed by atoms with E-state index >= 15 is 0 Å². The number of pyridine rings is 1. The Kier molecular flexibility index (Phi) is 2.37. The van der Waals surface area contributed by atoms with Crippen molar-refractivity contribution in [1.29, 1.82) is 0 Å². The normalized spacial score (nSPS) is 12.0. The standard InChI is InChI=1S/C12H13N3/c1-8-7-11(12(13)14-2)15-10-6-4-3-5-9(8)10/h3-7H,1-2H3,(H2,13,14). The molecule has 3 heteroatoms. The van der Waals surface area contributed by atoms with Crippen molar-refractivity contribution in [3.8, 4) is 0 Å². The van der Waals surface area contributed by atoms with Crippen LogP contribution >= 0.6 is 0 Å². The highest BCUT2D eigenvalue weighted by Gasteiger charge is 2.04. The lowest BCUT2D eigenvalue weighted by molar-refractivity contribution is 1.28. The Morgan fingerprint density at radius 2 is 2.07 bits per heavy atom. The summed E-state index contributed by atoms with van der Waals surface area (Å²) >= 11 is 0. The van der Waals surface area contributed by atoms with Crippen molar-refractivity contribution in [3.63, 3.8) is 0 Å². The average Bonchev–Trinajstić information content (AvgIpc) is 2.28. The Morgan fingerprint density at radius 1 is 1.33 bits per heavy atom. The number of nitrogens with two attached hydrogens (primary N) is 1.